The number of carbonyl (C=O) groups is 2. The largest absolute Gasteiger partial charge is 0.478 e. The molecule has 1 atom stereocenters. The fraction of sp³-hybridized carbons (Fsp3) is 0.500. The van der Waals surface area contributed by atoms with Gasteiger partial charge >= 0.3 is 12.1 Å². The summed E-state index contributed by atoms with van der Waals surface area (Å²) in [5, 5.41) is 10.4. The Bertz CT molecular complexity index is 159. The van der Waals surface area contributed by atoms with Crippen LogP contribution in [-0.2, 0) is 9.53 Å². The van der Waals surface area contributed by atoms with Crippen molar-refractivity contribution in [3.63, 3.8) is 0 Å². The number of cyclic esters (lactones) is 1. The van der Waals surface area contributed by atoms with E-state index in [-0.39, 0.29) is 19.0 Å². The van der Waals surface area contributed by atoms with E-state index in [0.717, 1.165) is 0 Å². The molecule has 10 heavy (non-hydrogen) atoms. The Hall–Kier alpha value is -0.970. The molecular formula is C4H6ClNO4. The standard InChI is InChI=1S/C4H5NO4.ClH/c6-3(7)2-1-5-4(8)9-2;/h2H,1H2,(H,5,8)(H,6,7);1H. The van der Waals surface area contributed by atoms with E-state index in [1.54, 1.807) is 0 Å². The Kier molecular flexibility index (Phi) is 2.95. The molecule has 58 valence electrons. The number of alkyl carbamates (subject to hydrolysis) is 1. The fourth-order valence-corrected chi connectivity index (χ4v) is 0.526. The molecule has 1 heterocycles. The van der Waals surface area contributed by atoms with Crippen LogP contribution in [0, 0.1) is 0 Å². The number of ether oxygens (including phenoxy) is 1. The molecule has 0 spiro atoms. The van der Waals surface area contributed by atoms with Crippen molar-refractivity contribution < 1.29 is 19.4 Å². The van der Waals surface area contributed by atoms with Gasteiger partial charge in [0.2, 0.25) is 6.10 Å². The molecule has 1 rings (SSSR count). The van der Waals surface area contributed by atoms with Crippen LogP contribution in [0.5, 0.6) is 0 Å². The molecular weight excluding hydrogens is 162 g/mol. The first-order chi connectivity index (χ1) is 4.20. The van der Waals surface area contributed by atoms with Crippen LogP contribution in [0.2, 0.25) is 0 Å². The molecule has 5 nitrogen and oxygen atoms in total. The van der Waals surface area contributed by atoms with Crippen LogP contribution < -0.4 is 5.32 Å². The van der Waals surface area contributed by atoms with Gasteiger partial charge in [0.15, 0.2) is 0 Å². The van der Waals surface area contributed by atoms with Crippen molar-refractivity contribution >= 4 is 24.5 Å². The number of halogens is 1. The predicted molar refractivity (Wildman–Crippen MR) is 33.2 cm³/mol. The SMILES string of the molecule is Cl.O=C1NCC(C(=O)O)O1. The lowest BCUT2D eigenvalue weighted by Gasteiger charge is -1.97. The predicted octanol–water partition coefficient (Wildman–Crippen LogP) is -0.399. The highest BCUT2D eigenvalue weighted by Gasteiger charge is 2.28. The van der Waals surface area contributed by atoms with Crippen LogP contribution in [0.3, 0.4) is 0 Å². The van der Waals surface area contributed by atoms with E-state index in [2.05, 4.69) is 10.1 Å². The zero-order chi connectivity index (χ0) is 6.85. The number of aliphatic carboxylic acids is 1. The smallest absolute Gasteiger partial charge is 0.408 e. The van der Waals surface area contributed by atoms with Gasteiger partial charge in [0, 0.05) is 0 Å². The Balaban J connectivity index is 0.000000810. The first-order valence-corrected chi connectivity index (χ1v) is 2.37. The number of carboxylic acids is 1. The Morgan fingerprint density at radius 2 is 2.40 bits per heavy atom. The van der Waals surface area contributed by atoms with Gasteiger partial charge in [-0.25, -0.2) is 9.59 Å². The average Bonchev–Trinajstić information content (AvgIpc) is 2.14. The summed E-state index contributed by atoms with van der Waals surface area (Å²) in [5.41, 5.74) is 0. The number of hydrogen-bond acceptors (Lipinski definition) is 3. The number of carbonyl (C=O) groups excluding carboxylic acids is 1. The van der Waals surface area contributed by atoms with Gasteiger partial charge in [-0.1, -0.05) is 0 Å². The molecule has 1 unspecified atom stereocenters. The number of nitrogens with one attached hydrogen (secondary N) is 1. The van der Waals surface area contributed by atoms with Gasteiger partial charge < -0.3 is 15.2 Å². The molecule has 1 saturated heterocycles. The van der Waals surface area contributed by atoms with E-state index < -0.39 is 18.2 Å². The second-order valence-corrected chi connectivity index (χ2v) is 1.61. The molecule has 0 bridgehead atoms. The maximum atomic E-state index is 10.2. The summed E-state index contributed by atoms with van der Waals surface area (Å²) in [6.45, 7) is 0.0637. The summed E-state index contributed by atoms with van der Waals surface area (Å²) < 4.78 is 4.27. The Morgan fingerprint density at radius 3 is 2.60 bits per heavy atom. The lowest BCUT2D eigenvalue weighted by molar-refractivity contribution is -0.144. The number of carboxylic acid groups (broad SMARTS) is 1. The Morgan fingerprint density at radius 1 is 1.80 bits per heavy atom. The number of rotatable bonds is 1. The maximum absolute atomic E-state index is 10.2. The van der Waals surface area contributed by atoms with Crippen molar-refractivity contribution in [2.75, 3.05) is 6.54 Å². The van der Waals surface area contributed by atoms with Crippen LogP contribution in [0.25, 0.3) is 0 Å². The van der Waals surface area contributed by atoms with Gasteiger partial charge in [0.05, 0.1) is 6.54 Å². The van der Waals surface area contributed by atoms with Gasteiger partial charge in [-0.15, -0.1) is 12.4 Å². The van der Waals surface area contributed by atoms with E-state index in [1.165, 1.54) is 0 Å². The van der Waals surface area contributed by atoms with Crippen LogP contribution in [-0.4, -0.2) is 29.8 Å². The number of hydrogen-bond donors (Lipinski definition) is 2. The third-order valence-corrected chi connectivity index (χ3v) is 0.957. The average molecular weight is 168 g/mol. The van der Waals surface area contributed by atoms with Gasteiger partial charge in [-0.2, -0.15) is 0 Å². The molecule has 6 heteroatoms. The zero-order valence-electron chi connectivity index (χ0n) is 4.86. The van der Waals surface area contributed by atoms with Crippen LogP contribution in [0.1, 0.15) is 0 Å². The first-order valence-electron chi connectivity index (χ1n) is 2.37. The van der Waals surface area contributed by atoms with E-state index in [4.69, 9.17) is 5.11 Å². The quantitative estimate of drug-likeness (QED) is 0.557. The highest BCUT2D eigenvalue weighted by molar-refractivity contribution is 5.85. The van der Waals surface area contributed by atoms with Crippen LogP contribution in [0.15, 0.2) is 0 Å². The van der Waals surface area contributed by atoms with Gasteiger partial charge in [0.25, 0.3) is 0 Å². The molecule has 0 aromatic heterocycles. The summed E-state index contributed by atoms with van der Waals surface area (Å²) in [4.78, 5) is 20.2. The molecule has 2 N–H and O–H groups in total. The normalized spacial score (nSPS) is 22.4. The summed E-state index contributed by atoms with van der Waals surface area (Å²) in [7, 11) is 0. The molecule has 1 aliphatic heterocycles. The lowest BCUT2D eigenvalue weighted by Crippen LogP contribution is -2.23. The van der Waals surface area contributed by atoms with Crippen molar-refractivity contribution in [1.82, 2.24) is 5.32 Å². The minimum absolute atomic E-state index is 0. The lowest BCUT2D eigenvalue weighted by atomic mass is 10.4. The summed E-state index contributed by atoms with van der Waals surface area (Å²) in [6, 6.07) is 0. The third-order valence-electron chi connectivity index (χ3n) is 0.957. The van der Waals surface area contributed by atoms with E-state index in [9.17, 15) is 9.59 Å². The second kappa shape index (κ2) is 3.26. The van der Waals surface area contributed by atoms with Crippen molar-refractivity contribution in [3.8, 4) is 0 Å². The van der Waals surface area contributed by atoms with Crippen molar-refractivity contribution in [1.29, 1.82) is 0 Å². The van der Waals surface area contributed by atoms with Crippen molar-refractivity contribution in [2.45, 2.75) is 6.10 Å². The highest BCUT2D eigenvalue weighted by Crippen LogP contribution is 1.98. The monoisotopic (exact) mass is 167 g/mol. The molecule has 0 aromatic carbocycles. The first kappa shape index (κ1) is 9.03. The van der Waals surface area contributed by atoms with Crippen LogP contribution in [0.4, 0.5) is 4.79 Å². The maximum Gasteiger partial charge on any atom is 0.408 e. The van der Waals surface area contributed by atoms with Gasteiger partial charge in [-0.05, 0) is 0 Å². The van der Waals surface area contributed by atoms with Crippen molar-refractivity contribution in [3.05, 3.63) is 0 Å². The van der Waals surface area contributed by atoms with Crippen molar-refractivity contribution in [2.24, 2.45) is 0 Å². The molecule has 1 amide bonds. The summed E-state index contributed by atoms with van der Waals surface area (Å²) >= 11 is 0. The minimum atomic E-state index is -1.12. The fourth-order valence-electron chi connectivity index (χ4n) is 0.526. The topological polar surface area (TPSA) is 75.6 Å². The Labute approximate surface area is 62.8 Å². The second-order valence-electron chi connectivity index (χ2n) is 1.61. The van der Waals surface area contributed by atoms with E-state index >= 15 is 0 Å². The van der Waals surface area contributed by atoms with Crippen LogP contribution >= 0.6 is 12.4 Å². The van der Waals surface area contributed by atoms with E-state index in [0.29, 0.717) is 0 Å². The number of amides is 1. The minimum Gasteiger partial charge on any atom is -0.478 e. The van der Waals surface area contributed by atoms with Gasteiger partial charge in [-0.3, -0.25) is 0 Å². The van der Waals surface area contributed by atoms with Gasteiger partial charge in [0.1, 0.15) is 0 Å². The van der Waals surface area contributed by atoms with E-state index in [1.807, 2.05) is 0 Å². The zero-order valence-corrected chi connectivity index (χ0v) is 5.68. The summed E-state index contributed by atoms with van der Waals surface area (Å²) in [6.07, 6.45) is -1.67. The summed E-state index contributed by atoms with van der Waals surface area (Å²) in [5.74, 6) is -1.12. The molecule has 0 aromatic rings. The molecule has 0 saturated carbocycles. The third kappa shape index (κ3) is 1.77. The molecule has 0 radical (unpaired) electrons. The molecule has 1 aliphatic rings. The molecule has 1 fully saturated rings. The highest BCUT2D eigenvalue weighted by atomic mass is 35.5. The molecule has 0 aliphatic carbocycles.